The summed E-state index contributed by atoms with van der Waals surface area (Å²) in [6, 6.07) is 20.0. The van der Waals surface area contributed by atoms with E-state index in [1.807, 2.05) is 56.3 Å². The number of aryl methyl sites for hydroxylation is 1. The first-order chi connectivity index (χ1) is 16.0. The molecule has 0 radical (unpaired) electrons. The summed E-state index contributed by atoms with van der Waals surface area (Å²) in [5.74, 6) is -0.534. The van der Waals surface area contributed by atoms with Gasteiger partial charge in [-0.1, -0.05) is 42.5 Å². The standard InChI is InChI=1S/C27H27FN2O3/c1-3-33-25-10-5-4-8-20(25)15-29-16-23-22-12-11-18(2)13-24(22)30(26(23)27(31)32)17-19-7-6-9-21(28)14-19/h4-14,29H,3,15-17H2,1-2H3,(H,31,32). The zero-order chi connectivity index (χ0) is 23.4. The molecule has 0 atom stereocenters. The first-order valence-corrected chi connectivity index (χ1v) is 11.0. The number of nitrogens with one attached hydrogen (secondary N) is 1. The van der Waals surface area contributed by atoms with E-state index in [9.17, 15) is 14.3 Å². The first-order valence-electron chi connectivity index (χ1n) is 11.0. The fraction of sp³-hybridized carbons (Fsp3) is 0.222. The lowest BCUT2D eigenvalue weighted by atomic mass is 10.1. The molecule has 1 heterocycles. The predicted molar refractivity (Wildman–Crippen MR) is 127 cm³/mol. The third kappa shape index (κ3) is 4.91. The van der Waals surface area contributed by atoms with Crippen LogP contribution in [-0.2, 0) is 19.6 Å². The molecule has 2 N–H and O–H groups in total. The van der Waals surface area contributed by atoms with E-state index in [-0.39, 0.29) is 18.1 Å². The second-order valence-corrected chi connectivity index (χ2v) is 8.01. The Morgan fingerprint density at radius 3 is 2.64 bits per heavy atom. The highest BCUT2D eigenvalue weighted by Crippen LogP contribution is 2.29. The van der Waals surface area contributed by atoms with Crippen molar-refractivity contribution in [2.24, 2.45) is 0 Å². The number of fused-ring (bicyclic) bond motifs is 1. The molecule has 0 fully saturated rings. The highest BCUT2D eigenvalue weighted by atomic mass is 19.1. The Morgan fingerprint density at radius 1 is 1.06 bits per heavy atom. The van der Waals surface area contributed by atoms with Crippen LogP contribution in [0.1, 0.15) is 39.7 Å². The lowest BCUT2D eigenvalue weighted by Gasteiger charge is -2.12. The number of hydrogen-bond donors (Lipinski definition) is 2. The summed E-state index contributed by atoms with van der Waals surface area (Å²) in [5, 5.41) is 14.4. The quantitative estimate of drug-likeness (QED) is 0.355. The molecule has 4 aromatic rings. The Bertz CT molecular complexity index is 1300. The lowest BCUT2D eigenvalue weighted by molar-refractivity contribution is 0.0684. The van der Waals surface area contributed by atoms with Crippen LogP contribution in [0.2, 0.25) is 0 Å². The largest absolute Gasteiger partial charge is 0.494 e. The zero-order valence-corrected chi connectivity index (χ0v) is 18.8. The molecule has 0 unspecified atom stereocenters. The van der Waals surface area contributed by atoms with Gasteiger partial charge in [-0.3, -0.25) is 0 Å². The molecule has 6 heteroatoms. The van der Waals surface area contributed by atoms with E-state index in [0.29, 0.717) is 30.8 Å². The summed E-state index contributed by atoms with van der Waals surface area (Å²) in [5.41, 5.74) is 4.50. The summed E-state index contributed by atoms with van der Waals surface area (Å²) < 4.78 is 21.2. The number of hydrogen-bond acceptors (Lipinski definition) is 3. The van der Waals surface area contributed by atoms with Crippen LogP contribution in [0.3, 0.4) is 0 Å². The van der Waals surface area contributed by atoms with Crippen molar-refractivity contribution in [2.45, 2.75) is 33.5 Å². The third-order valence-corrected chi connectivity index (χ3v) is 5.65. The van der Waals surface area contributed by atoms with Crippen molar-refractivity contribution in [3.8, 4) is 5.75 Å². The summed E-state index contributed by atoms with van der Waals surface area (Å²) in [6.45, 7) is 5.68. The van der Waals surface area contributed by atoms with E-state index >= 15 is 0 Å². The fourth-order valence-electron chi connectivity index (χ4n) is 4.21. The predicted octanol–water partition coefficient (Wildman–Crippen LogP) is 5.52. The average Bonchev–Trinajstić information content (AvgIpc) is 3.08. The summed E-state index contributed by atoms with van der Waals surface area (Å²) in [4.78, 5) is 12.4. The van der Waals surface area contributed by atoms with Crippen LogP contribution in [0.4, 0.5) is 4.39 Å². The fourth-order valence-corrected chi connectivity index (χ4v) is 4.21. The maximum absolute atomic E-state index is 13.8. The maximum Gasteiger partial charge on any atom is 0.352 e. The van der Waals surface area contributed by atoms with Crippen LogP contribution in [-0.4, -0.2) is 22.2 Å². The van der Waals surface area contributed by atoms with Gasteiger partial charge in [-0.05, 0) is 49.2 Å². The lowest BCUT2D eigenvalue weighted by Crippen LogP contribution is -2.17. The number of carboxylic acids is 1. The van der Waals surface area contributed by atoms with Gasteiger partial charge in [-0.15, -0.1) is 0 Å². The molecule has 0 spiro atoms. The third-order valence-electron chi connectivity index (χ3n) is 5.65. The van der Waals surface area contributed by atoms with Gasteiger partial charge < -0.3 is 19.7 Å². The van der Waals surface area contributed by atoms with Crippen molar-refractivity contribution in [2.75, 3.05) is 6.61 Å². The van der Waals surface area contributed by atoms with Crippen LogP contribution >= 0.6 is 0 Å². The molecule has 0 amide bonds. The Hall–Kier alpha value is -3.64. The number of nitrogens with zero attached hydrogens (tertiary/aromatic N) is 1. The smallest absolute Gasteiger partial charge is 0.352 e. The maximum atomic E-state index is 13.8. The van der Waals surface area contributed by atoms with Crippen molar-refractivity contribution in [1.82, 2.24) is 9.88 Å². The highest BCUT2D eigenvalue weighted by Gasteiger charge is 2.22. The first kappa shape index (κ1) is 22.6. The number of carbonyl (C=O) groups is 1. The zero-order valence-electron chi connectivity index (χ0n) is 18.8. The molecule has 0 aliphatic rings. The van der Waals surface area contributed by atoms with E-state index in [2.05, 4.69) is 5.32 Å². The van der Waals surface area contributed by atoms with E-state index in [0.717, 1.165) is 27.8 Å². The number of rotatable bonds is 9. The molecule has 0 saturated carbocycles. The minimum Gasteiger partial charge on any atom is -0.494 e. The molecule has 4 rings (SSSR count). The Kier molecular flexibility index (Phi) is 6.75. The van der Waals surface area contributed by atoms with E-state index in [1.54, 1.807) is 16.7 Å². The van der Waals surface area contributed by atoms with Gasteiger partial charge in [0.1, 0.15) is 17.3 Å². The summed E-state index contributed by atoms with van der Waals surface area (Å²) in [7, 11) is 0. The van der Waals surface area contributed by atoms with E-state index in [4.69, 9.17) is 4.74 Å². The number of ether oxygens (including phenoxy) is 1. The van der Waals surface area contributed by atoms with Crippen LogP contribution < -0.4 is 10.1 Å². The number of aromatic carboxylic acids is 1. The molecule has 5 nitrogen and oxygen atoms in total. The van der Waals surface area contributed by atoms with Crippen molar-refractivity contribution >= 4 is 16.9 Å². The highest BCUT2D eigenvalue weighted by molar-refractivity contribution is 5.98. The monoisotopic (exact) mass is 446 g/mol. The van der Waals surface area contributed by atoms with E-state index in [1.165, 1.54) is 12.1 Å². The van der Waals surface area contributed by atoms with Crippen molar-refractivity contribution in [3.05, 3.63) is 100 Å². The van der Waals surface area contributed by atoms with Crippen molar-refractivity contribution < 1.29 is 19.0 Å². The molecule has 0 bridgehead atoms. The molecule has 3 aromatic carbocycles. The van der Waals surface area contributed by atoms with Crippen LogP contribution in [0.15, 0.2) is 66.7 Å². The normalized spacial score (nSPS) is 11.1. The molecular weight excluding hydrogens is 419 g/mol. The van der Waals surface area contributed by atoms with Gasteiger partial charge in [-0.25, -0.2) is 9.18 Å². The minimum atomic E-state index is -1.01. The van der Waals surface area contributed by atoms with Crippen LogP contribution in [0.25, 0.3) is 10.9 Å². The molecule has 0 saturated heterocycles. The molecular formula is C27H27FN2O3. The van der Waals surface area contributed by atoms with Gasteiger partial charge in [0.15, 0.2) is 0 Å². The van der Waals surface area contributed by atoms with E-state index < -0.39 is 5.97 Å². The number of carboxylic acid groups (broad SMARTS) is 1. The molecule has 1 aromatic heterocycles. The van der Waals surface area contributed by atoms with Gasteiger partial charge in [0, 0.05) is 41.7 Å². The summed E-state index contributed by atoms with van der Waals surface area (Å²) in [6.07, 6.45) is 0. The Labute approximate surface area is 192 Å². The van der Waals surface area contributed by atoms with Crippen LogP contribution in [0.5, 0.6) is 5.75 Å². The Morgan fingerprint density at radius 2 is 1.88 bits per heavy atom. The topological polar surface area (TPSA) is 63.5 Å². The number of para-hydroxylation sites is 1. The second kappa shape index (κ2) is 9.88. The van der Waals surface area contributed by atoms with Gasteiger partial charge in [0.2, 0.25) is 0 Å². The molecule has 0 aliphatic heterocycles. The number of benzene rings is 3. The molecule has 0 aliphatic carbocycles. The minimum absolute atomic E-state index is 0.213. The Balaban J connectivity index is 1.70. The number of halogens is 1. The van der Waals surface area contributed by atoms with Crippen LogP contribution in [0, 0.1) is 12.7 Å². The van der Waals surface area contributed by atoms with Crippen molar-refractivity contribution in [1.29, 1.82) is 0 Å². The van der Waals surface area contributed by atoms with Gasteiger partial charge in [0.05, 0.1) is 6.61 Å². The van der Waals surface area contributed by atoms with Crippen molar-refractivity contribution in [3.63, 3.8) is 0 Å². The average molecular weight is 447 g/mol. The summed E-state index contributed by atoms with van der Waals surface area (Å²) >= 11 is 0. The van der Waals surface area contributed by atoms with Gasteiger partial charge in [0.25, 0.3) is 0 Å². The van der Waals surface area contributed by atoms with Gasteiger partial charge in [-0.2, -0.15) is 0 Å². The molecule has 170 valence electrons. The number of aromatic nitrogens is 1. The van der Waals surface area contributed by atoms with Gasteiger partial charge >= 0.3 is 5.97 Å². The SMILES string of the molecule is CCOc1ccccc1CNCc1c(C(=O)O)n(Cc2cccc(F)c2)c2cc(C)ccc12. The molecule has 33 heavy (non-hydrogen) atoms. The second-order valence-electron chi connectivity index (χ2n) is 8.01.